The lowest BCUT2D eigenvalue weighted by atomic mass is 10.2. The summed E-state index contributed by atoms with van der Waals surface area (Å²) in [5.74, 6) is 0.116. The van der Waals surface area contributed by atoms with Crippen molar-refractivity contribution in [2.45, 2.75) is 13.0 Å². The molecule has 0 unspecified atom stereocenters. The minimum atomic E-state index is 0. The fraction of sp³-hybridized carbons (Fsp3) is 0.500. The van der Waals surface area contributed by atoms with Crippen LogP contribution in [-0.4, -0.2) is 43.7 Å². The molecule has 1 aromatic carbocycles. The molecule has 0 saturated carbocycles. The summed E-state index contributed by atoms with van der Waals surface area (Å²) in [6, 6.07) is 9.97. The quantitative estimate of drug-likeness (QED) is 0.682. The zero-order chi connectivity index (χ0) is 12.6. The highest BCUT2D eigenvalue weighted by Gasteiger charge is 2.11. The van der Waals surface area contributed by atoms with E-state index in [1.807, 2.05) is 30.3 Å². The van der Waals surface area contributed by atoms with Gasteiger partial charge in [-0.25, -0.2) is 0 Å². The van der Waals surface area contributed by atoms with Crippen LogP contribution in [0.2, 0.25) is 0 Å². The molecule has 5 heteroatoms. The molecule has 0 aliphatic carbocycles. The summed E-state index contributed by atoms with van der Waals surface area (Å²) in [7, 11) is 0. The molecule has 1 N–H and O–H groups in total. The van der Waals surface area contributed by atoms with E-state index in [9.17, 15) is 4.79 Å². The highest BCUT2D eigenvalue weighted by molar-refractivity contribution is 5.76. The number of rotatable bonds is 5. The Balaban J connectivity index is 0.00000180. The maximum Gasteiger partial charge on any atom is 0.221 e. The van der Waals surface area contributed by atoms with Gasteiger partial charge in [0.2, 0.25) is 5.91 Å². The molecule has 0 aromatic heterocycles. The highest BCUT2D eigenvalue weighted by Crippen LogP contribution is 2.00. The molecule has 1 aromatic rings. The van der Waals surface area contributed by atoms with E-state index < -0.39 is 0 Å². The van der Waals surface area contributed by atoms with E-state index in [0.717, 1.165) is 38.4 Å². The monoisotopic (exact) mass is 283 g/mol. The topological polar surface area (TPSA) is 41.6 Å². The summed E-state index contributed by atoms with van der Waals surface area (Å²) in [4.78, 5) is 14.0. The minimum Gasteiger partial charge on any atom is -1.00 e. The smallest absolute Gasteiger partial charge is 0.221 e. The van der Waals surface area contributed by atoms with Crippen molar-refractivity contribution in [1.82, 2.24) is 10.2 Å². The number of carbonyl (C=O) groups excluding carboxylic acids is 1. The molecule has 0 atom stereocenters. The second kappa shape index (κ2) is 8.91. The van der Waals surface area contributed by atoms with Crippen molar-refractivity contribution in [2.75, 3.05) is 32.8 Å². The van der Waals surface area contributed by atoms with Crippen molar-refractivity contribution in [3.63, 3.8) is 0 Å². The predicted molar refractivity (Wildman–Crippen MR) is 70.2 cm³/mol. The van der Waals surface area contributed by atoms with Gasteiger partial charge in [-0.1, -0.05) is 30.3 Å². The lowest BCUT2D eigenvalue weighted by Gasteiger charge is -2.26. The molecule has 1 amide bonds. The molecule has 1 heterocycles. The average Bonchev–Trinajstić information content (AvgIpc) is 2.45. The molecule has 1 saturated heterocycles. The predicted octanol–water partition coefficient (Wildman–Crippen LogP) is -1.97. The zero-order valence-electron chi connectivity index (χ0n) is 11.0. The highest BCUT2D eigenvalue weighted by atomic mass is 35.5. The van der Waals surface area contributed by atoms with E-state index in [1.54, 1.807) is 0 Å². The SMILES string of the molecule is O=C(CCN1CCOCC1)NCc1ccccc1.[Cl-]. The first kappa shape index (κ1) is 16.0. The van der Waals surface area contributed by atoms with E-state index in [4.69, 9.17) is 4.74 Å². The Labute approximate surface area is 120 Å². The molecule has 1 aliphatic rings. The van der Waals surface area contributed by atoms with E-state index >= 15 is 0 Å². The number of carbonyl (C=O) groups is 1. The van der Waals surface area contributed by atoms with Crippen LogP contribution >= 0.6 is 0 Å². The summed E-state index contributed by atoms with van der Waals surface area (Å²) < 4.78 is 5.27. The van der Waals surface area contributed by atoms with Gasteiger partial charge in [-0.2, -0.15) is 0 Å². The normalized spacial score (nSPS) is 15.6. The van der Waals surface area contributed by atoms with Gasteiger partial charge in [-0.15, -0.1) is 0 Å². The fourth-order valence-electron chi connectivity index (χ4n) is 1.97. The van der Waals surface area contributed by atoms with Crippen molar-refractivity contribution in [3.8, 4) is 0 Å². The van der Waals surface area contributed by atoms with Gasteiger partial charge in [0.05, 0.1) is 13.2 Å². The van der Waals surface area contributed by atoms with Crippen molar-refractivity contribution < 1.29 is 21.9 Å². The van der Waals surface area contributed by atoms with Crippen LogP contribution in [0.5, 0.6) is 0 Å². The first-order valence-corrected chi connectivity index (χ1v) is 6.45. The molecule has 1 aliphatic heterocycles. The van der Waals surface area contributed by atoms with Crippen LogP contribution < -0.4 is 17.7 Å². The first-order valence-electron chi connectivity index (χ1n) is 6.45. The molecule has 2 rings (SSSR count). The Kier molecular flexibility index (Phi) is 7.48. The number of halogens is 1. The molecular formula is C14H20ClN2O2-. The molecule has 0 bridgehead atoms. The van der Waals surface area contributed by atoms with E-state index in [0.29, 0.717) is 13.0 Å². The van der Waals surface area contributed by atoms with Gasteiger partial charge in [0.25, 0.3) is 0 Å². The summed E-state index contributed by atoms with van der Waals surface area (Å²) in [5.41, 5.74) is 1.14. The van der Waals surface area contributed by atoms with E-state index in [-0.39, 0.29) is 18.3 Å². The fourth-order valence-corrected chi connectivity index (χ4v) is 1.97. The van der Waals surface area contributed by atoms with Gasteiger partial charge in [-0.05, 0) is 5.56 Å². The number of nitrogens with one attached hydrogen (secondary N) is 1. The molecule has 0 spiro atoms. The van der Waals surface area contributed by atoms with Crippen molar-refractivity contribution in [3.05, 3.63) is 35.9 Å². The van der Waals surface area contributed by atoms with Crippen molar-refractivity contribution in [2.24, 2.45) is 0 Å². The second-order valence-corrected chi connectivity index (χ2v) is 4.47. The molecular weight excluding hydrogens is 264 g/mol. The van der Waals surface area contributed by atoms with Gasteiger partial charge in [0.1, 0.15) is 0 Å². The van der Waals surface area contributed by atoms with Gasteiger partial charge in [0.15, 0.2) is 0 Å². The number of benzene rings is 1. The number of nitrogens with zero attached hydrogens (tertiary/aromatic N) is 1. The molecule has 1 fully saturated rings. The Bertz CT molecular complexity index is 367. The van der Waals surface area contributed by atoms with Crippen LogP contribution in [0, 0.1) is 0 Å². The Morgan fingerprint density at radius 2 is 1.89 bits per heavy atom. The lowest BCUT2D eigenvalue weighted by Crippen LogP contribution is -3.00. The van der Waals surface area contributed by atoms with E-state index in [2.05, 4.69) is 10.2 Å². The standard InChI is InChI=1S/C14H20N2O2.ClH/c17-14(6-7-16-8-10-18-11-9-16)15-12-13-4-2-1-3-5-13;/h1-5H,6-12H2,(H,15,17);1H/p-1. The number of morpholine rings is 1. The zero-order valence-corrected chi connectivity index (χ0v) is 11.7. The minimum absolute atomic E-state index is 0. The van der Waals surface area contributed by atoms with Crippen molar-refractivity contribution >= 4 is 5.91 Å². The first-order chi connectivity index (χ1) is 8.84. The average molecular weight is 284 g/mol. The summed E-state index contributed by atoms with van der Waals surface area (Å²) in [5, 5.41) is 2.94. The van der Waals surface area contributed by atoms with Gasteiger partial charge in [0, 0.05) is 32.6 Å². The van der Waals surface area contributed by atoms with Crippen LogP contribution in [0.1, 0.15) is 12.0 Å². The van der Waals surface area contributed by atoms with Crippen LogP contribution in [-0.2, 0) is 16.1 Å². The largest absolute Gasteiger partial charge is 1.00 e. The summed E-state index contributed by atoms with van der Waals surface area (Å²) in [6.45, 7) is 4.88. The van der Waals surface area contributed by atoms with E-state index in [1.165, 1.54) is 0 Å². The van der Waals surface area contributed by atoms with Gasteiger partial charge >= 0.3 is 0 Å². The summed E-state index contributed by atoms with van der Waals surface area (Å²) >= 11 is 0. The third-order valence-corrected chi connectivity index (χ3v) is 3.09. The number of hydrogen-bond acceptors (Lipinski definition) is 3. The maximum atomic E-state index is 11.7. The lowest BCUT2D eigenvalue weighted by molar-refractivity contribution is -0.121. The van der Waals surface area contributed by atoms with Crippen LogP contribution in [0.25, 0.3) is 0 Å². The Morgan fingerprint density at radius 1 is 1.21 bits per heavy atom. The molecule has 106 valence electrons. The third kappa shape index (κ3) is 6.05. The number of amides is 1. The van der Waals surface area contributed by atoms with Gasteiger partial charge in [-0.3, -0.25) is 9.69 Å². The number of hydrogen-bond donors (Lipinski definition) is 1. The van der Waals surface area contributed by atoms with Crippen LogP contribution in [0.4, 0.5) is 0 Å². The Hall–Kier alpha value is -1.10. The van der Waals surface area contributed by atoms with Crippen molar-refractivity contribution in [1.29, 1.82) is 0 Å². The van der Waals surface area contributed by atoms with Crippen LogP contribution in [0.15, 0.2) is 30.3 Å². The molecule has 0 radical (unpaired) electrons. The van der Waals surface area contributed by atoms with Gasteiger partial charge < -0.3 is 22.5 Å². The second-order valence-electron chi connectivity index (χ2n) is 4.47. The van der Waals surface area contributed by atoms with Crippen LogP contribution in [0.3, 0.4) is 0 Å². The number of ether oxygens (including phenoxy) is 1. The summed E-state index contributed by atoms with van der Waals surface area (Å²) in [6.07, 6.45) is 0.562. The maximum absolute atomic E-state index is 11.7. The Morgan fingerprint density at radius 3 is 2.58 bits per heavy atom. The third-order valence-electron chi connectivity index (χ3n) is 3.09. The molecule has 4 nitrogen and oxygen atoms in total. The molecule has 19 heavy (non-hydrogen) atoms.